The van der Waals surface area contributed by atoms with Gasteiger partial charge >= 0.3 is 5.92 Å². The van der Waals surface area contributed by atoms with Crippen LogP contribution in [0.25, 0.3) is 16.8 Å². The Morgan fingerprint density at radius 3 is 2.52 bits per heavy atom. The van der Waals surface area contributed by atoms with Crippen molar-refractivity contribution in [3.63, 3.8) is 0 Å². The van der Waals surface area contributed by atoms with Crippen molar-refractivity contribution in [2.75, 3.05) is 6.54 Å². The lowest BCUT2D eigenvalue weighted by Gasteiger charge is -2.30. The number of halogens is 4. The van der Waals surface area contributed by atoms with E-state index in [0.29, 0.717) is 54.3 Å². The van der Waals surface area contributed by atoms with E-state index in [4.69, 9.17) is 5.73 Å². The average Bonchev–Trinajstić information content (AvgIpc) is 2.72. The zero-order valence-corrected chi connectivity index (χ0v) is 18.3. The van der Waals surface area contributed by atoms with Gasteiger partial charge in [-0.25, -0.2) is 23.7 Å². The summed E-state index contributed by atoms with van der Waals surface area (Å²) in [6.45, 7) is 7.24. The van der Waals surface area contributed by atoms with Crippen LogP contribution < -0.4 is 5.73 Å². The number of rotatable bonds is 5. The highest BCUT2D eigenvalue weighted by molar-refractivity contribution is 5.74. The van der Waals surface area contributed by atoms with Gasteiger partial charge in [0.05, 0.1) is 28.3 Å². The molecule has 0 saturated heterocycles. The lowest BCUT2D eigenvalue weighted by atomic mass is 9.91. The number of fused-ring (bicyclic) bond motifs is 1. The number of nitrogens with zero attached hydrogens (tertiary/aromatic N) is 4. The fourth-order valence-corrected chi connectivity index (χ4v) is 4.00. The van der Waals surface area contributed by atoms with Gasteiger partial charge in [0.2, 0.25) is 0 Å². The predicted molar refractivity (Wildman–Crippen MR) is 117 cm³/mol. The van der Waals surface area contributed by atoms with E-state index in [0.717, 1.165) is 12.5 Å². The SMILES string of the molecule is C=C(N)c1cc(-c2c(F)cc(C)cc2F)c2c(n1)CN(Cc1ccnc(C(C)(F)F)n1)CC2. The highest BCUT2D eigenvalue weighted by Gasteiger charge is 2.29. The van der Waals surface area contributed by atoms with Crippen molar-refractivity contribution in [3.8, 4) is 11.1 Å². The summed E-state index contributed by atoms with van der Waals surface area (Å²) in [5.74, 6) is -5.00. The fraction of sp³-hybridized carbons (Fsp3) is 0.292. The largest absolute Gasteiger partial charge is 0.397 e. The molecule has 0 bridgehead atoms. The molecule has 3 aromatic rings. The Labute approximate surface area is 189 Å². The van der Waals surface area contributed by atoms with Crippen molar-refractivity contribution >= 4 is 5.70 Å². The smallest absolute Gasteiger partial charge is 0.303 e. The normalized spacial score (nSPS) is 14.2. The molecule has 2 aromatic heterocycles. The first-order valence-corrected chi connectivity index (χ1v) is 10.4. The minimum atomic E-state index is -3.14. The van der Waals surface area contributed by atoms with Crippen LogP contribution in [0.4, 0.5) is 17.6 Å². The molecule has 0 radical (unpaired) electrons. The first kappa shape index (κ1) is 22.8. The number of hydrogen-bond acceptors (Lipinski definition) is 5. The summed E-state index contributed by atoms with van der Waals surface area (Å²) < 4.78 is 56.8. The van der Waals surface area contributed by atoms with Crippen molar-refractivity contribution < 1.29 is 17.6 Å². The fourth-order valence-electron chi connectivity index (χ4n) is 4.00. The van der Waals surface area contributed by atoms with Gasteiger partial charge in [-0.05, 0) is 54.3 Å². The second kappa shape index (κ2) is 8.55. The van der Waals surface area contributed by atoms with E-state index in [1.165, 1.54) is 18.3 Å². The summed E-state index contributed by atoms with van der Waals surface area (Å²) >= 11 is 0. The van der Waals surface area contributed by atoms with E-state index < -0.39 is 23.4 Å². The second-order valence-electron chi connectivity index (χ2n) is 8.33. The molecule has 1 aliphatic heterocycles. The number of nitrogens with two attached hydrogens (primary N) is 1. The van der Waals surface area contributed by atoms with Crippen molar-refractivity contribution in [3.05, 3.63) is 82.7 Å². The molecular weight excluding hydrogens is 434 g/mol. The van der Waals surface area contributed by atoms with Gasteiger partial charge in [0.1, 0.15) is 11.6 Å². The zero-order valence-electron chi connectivity index (χ0n) is 18.3. The van der Waals surface area contributed by atoms with Gasteiger partial charge in [0.25, 0.3) is 0 Å². The highest BCUT2D eigenvalue weighted by atomic mass is 19.3. The summed E-state index contributed by atoms with van der Waals surface area (Å²) in [5, 5.41) is 0. The van der Waals surface area contributed by atoms with Gasteiger partial charge in [-0.2, -0.15) is 8.78 Å². The molecular formula is C24H23F4N5. The maximum Gasteiger partial charge on any atom is 0.303 e. The summed E-state index contributed by atoms with van der Waals surface area (Å²) in [5.41, 5.74) is 8.90. The van der Waals surface area contributed by atoms with Crippen LogP contribution in [-0.4, -0.2) is 26.4 Å². The van der Waals surface area contributed by atoms with Crippen LogP contribution in [0.3, 0.4) is 0 Å². The minimum absolute atomic E-state index is 0.124. The Morgan fingerprint density at radius 1 is 1.18 bits per heavy atom. The molecule has 0 atom stereocenters. The summed E-state index contributed by atoms with van der Waals surface area (Å²) in [6.07, 6.45) is 1.77. The molecule has 1 aromatic carbocycles. The van der Waals surface area contributed by atoms with Crippen LogP contribution in [-0.2, 0) is 25.4 Å². The first-order chi connectivity index (χ1) is 15.5. The van der Waals surface area contributed by atoms with Crippen molar-refractivity contribution in [1.82, 2.24) is 19.9 Å². The number of aryl methyl sites for hydroxylation is 1. The Hall–Kier alpha value is -3.33. The minimum Gasteiger partial charge on any atom is -0.397 e. The quantitative estimate of drug-likeness (QED) is 0.562. The Bertz CT molecular complexity index is 1210. The van der Waals surface area contributed by atoms with E-state index in [1.54, 1.807) is 19.1 Å². The molecule has 2 N–H and O–H groups in total. The van der Waals surface area contributed by atoms with Crippen LogP contribution in [0.2, 0.25) is 0 Å². The van der Waals surface area contributed by atoms with Gasteiger partial charge in [0, 0.05) is 32.8 Å². The van der Waals surface area contributed by atoms with E-state index in [9.17, 15) is 17.6 Å². The van der Waals surface area contributed by atoms with Crippen molar-refractivity contribution in [1.29, 1.82) is 0 Å². The molecule has 33 heavy (non-hydrogen) atoms. The first-order valence-electron chi connectivity index (χ1n) is 10.4. The summed E-state index contributed by atoms with van der Waals surface area (Å²) in [7, 11) is 0. The molecule has 0 spiro atoms. The third-order valence-electron chi connectivity index (χ3n) is 5.54. The van der Waals surface area contributed by atoms with Crippen LogP contribution >= 0.6 is 0 Å². The molecule has 172 valence electrons. The van der Waals surface area contributed by atoms with Crippen molar-refractivity contribution in [2.45, 2.75) is 39.3 Å². The number of benzene rings is 1. The van der Waals surface area contributed by atoms with Crippen LogP contribution in [0.1, 0.15) is 41.0 Å². The molecule has 1 aliphatic rings. The maximum atomic E-state index is 14.8. The summed E-state index contributed by atoms with van der Waals surface area (Å²) in [6, 6.07) is 5.72. The molecule has 0 amide bonds. The van der Waals surface area contributed by atoms with E-state index in [1.807, 2.05) is 4.90 Å². The van der Waals surface area contributed by atoms with Gasteiger partial charge in [-0.3, -0.25) is 4.90 Å². The standard InChI is InChI=1S/C24H23F4N5/c1-13-8-18(25)22(19(26)9-13)17-10-20(14(2)29)32-21-12-33(7-5-16(17)21)11-15-4-6-30-23(31-15)24(3,27)28/h4,6,8-10H,2,5,7,11-12,29H2,1,3H3. The number of aromatic nitrogens is 3. The van der Waals surface area contributed by atoms with Crippen molar-refractivity contribution in [2.24, 2.45) is 5.73 Å². The van der Waals surface area contributed by atoms with Crippen LogP contribution in [0.15, 0.2) is 37.0 Å². The average molecular weight is 457 g/mol. The number of alkyl halides is 2. The topological polar surface area (TPSA) is 67.9 Å². The Kier molecular flexibility index (Phi) is 5.92. The molecule has 9 heteroatoms. The molecule has 0 unspecified atom stereocenters. The highest BCUT2D eigenvalue weighted by Crippen LogP contribution is 2.35. The molecule has 0 aliphatic carbocycles. The number of hydrogen-bond donors (Lipinski definition) is 1. The van der Waals surface area contributed by atoms with E-state index >= 15 is 0 Å². The van der Waals surface area contributed by atoms with Gasteiger partial charge in [-0.1, -0.05) is 6.58 Å². The third kappa shape index (κ3) is 4.73. The predicted octanol–water partition coefficient (Wildman–Crippen LogP) is 4.72. The Balaban J connectivity index is 1.71. The lowest BCUT2D eigenvalue weighted by molar-refractivity contribution is 0.00726. The maximum absolute atomic E-state index is 14.8. The molecule has 5 nitrogen and oxygen atoms in total. The van der Waals surface area contributed by atoms with E-state index in [-0.39, 0.29) is 11.3 Å². The summed E-state index contributed by atoms with van der Waals surface area (Å²) in [4.78, 5) is 14.2. The zero-order chi connectivity index (χ0) is 23.9. The lowest BCUT2D eigenvalue weighted by Crippen LogP contribution is -2.32. The van der Waals surface area contributed by atoms with E-state index in [2.05, 4.69) is 21.5 Å². The molecule has 0 saturated carbocycles. The van der Waals surface area contributed by atoms with Gasteiger partial charge in [0.15, 0.2) is 5.82 Å². The Morgan fingerprint density at radius 2 is 1.88 bits per heavy atom. The monoisotopic (exact) mass is 457 g/mol. The van der Waals surface area contributed by atoms with Gasteiger partial charge in [-0.15, -0.1) is 0 Å². The van der Waals surface area contributed by atoms with Gasteiger partial charge < -0.3 is 5.73 Å². The molecule has 0 fully saturated rings. The number of pyridine rings is 1. The van der Waals surface area contributed by atoms with Crippen LogP contribution in [0.5, 0.6) is 0 Å². The third-order valence-corrected chi connectivity index (χ3v) is 5.54. The molecule has 3 heterocycles. The molecule has 4 rings (SSSR count). The van der Waals surface area contributed by atoms with Crippen LogP contribution in [0, 0.1) is 18.6 Å². The second-order valence-corrected chi connectivity index (χ2v) is 8.33.